The van der Waals surface area contributed by atoms with E-state index in [0.717, 1.165) is 12.2 Å². The van der Waals surface area contributed by atoms with Crippen molar-refractivity contribution in [1.29, 1.82) is 0 Å². The predicted octanol–water partition coefficient (Wildman–Crippen LogP) is 2.33. The lowest BCUT2D eigenvalue weighted by Gasteiger charge is -2.15. The highest BCUT2D eigenvalue weighted by Gasteiger charge is 2.16. The molecule has 3 rings (SSSR count). The Morgan fingerprint density at radius 2 is 2.12 bits per heavy atom. The van der Waals surface area contributed by atoms with E-state index in [1.807, 2.05) is 18.5 Å². The van der Waals surface area contributed by atoms with Crippen molar-refractivity contribution in [3.63, 3.8) is 0 Å². The van der Waals surface area contributed by atoms with Crippen LogP contribution in [0.25, 0.3) is 10.9 Å². The summed E-state index contributed by atoms with van der Waals surface area (Å²) in [7, 11) is 0. The molecular formula is C14H15N3. The second-order valence-corrected chi connectivity index (χ2v) is 4.30. The summed E-state index contributed by atoms with van der Waals surface area (Å²) in [6.45, 7) is 3.02. The van der Waals surface area contributed by atoms with Gasteiger partial charge in [-0.15, -0.1) is 0 Å². The fourth-order valence-corrected chi connectivity index (χ4v) is 2.29. The molecule has 0 spiro atoms. The molecule has 86 valence electrons. The van der Waals surface area contributed by atoms with E-state index < -0.39 is 0 Å². The van der Waals surface area contributed by atoms with Crippen LogP contribution in [0.5, 0.6) is 0 Å². The Bertz CT molecular complexity index is 569. The van der Waals surface area contributed by atoms with E-state index in [0.29, 0.717) is 5.92 Å². The molecule has 1 aliphatic heterocycles. The summed E-state index contributed by atoms with van der Waals surface area (Å²) in [5.74, 6) is 0.337. The molecule has 1 aromatic carbocycles. The number of fused-ring (bicyclic) bond motifs is 1. The molecule has 0 saturated heterocycles. The SMILES string of the molecule is CC(C1=CNCN1)c1cccc2cccnc12. The number of benzene rings is 1. The van der Waals surface area contributed by atoms with Crippen molar-refractivity contribution < 1.29 is 0 Å². The number of rotatable bonds is 2. The average Bonchev–Trinajstić information content (AvgIpc) is 2.91. The predicted molar refractivity (Wildman–Crippen MR) is 69.4 cm³/mol. The van der Waals surface area contributed by atoms with Gasteiger partial charge in [-0.25, -0.2) is 0 Å². The largest absolute Gasteiger partial charge is 0.372 e. The van der Waals surface area contributed by atoms with Crippen LogP contribution in [-0.4, -0.2) is 11.7 Å². The molecule has 17 heavy (non-hydrogen) atoms. The normalized spacial score (nSPS) is 16.2. The minimum Gasteiger partial charge on any atom is -0.372 e. The van der Waals surface area contributed by atoms with E-state index in [4.69, 9.17) is 0 Å². The lowest BCUT2D eigenvalue weighted by molar-refractivity contribution is 0.750. The number of nitrogens with one attached hydrogen (secondary N) is 2. The van der Waals surface area contributed by atoms with Gasteiger partial charge in [-0.3, -0.25) is 4.98 Å². The molecule has 2 heterocycles. The standard InChI is InChI=1S/C14H15N3/c1-10(13-8-15-9-17-13)12-6-2-4-11-5-3-7-16-14(11)12/h2-8,10,15,17H,9H2,1H3. The molecule has 1 aliphatic rings. The van der Waals surface area contributed by atoms with E-state index >= 15 is 0 Å². The lowest BCUT2D eigenvalue weighted by atomic mass is 9.95. The summed E-state index contributed by atoms with van der Waals surface area (Å²) >= 11 is 0. The lowest BCUT2D eigenvalue weighted by Crippen LogP contribution is -2.17. The van der Waals surface area contributed by atoms with Gasteiger partial charge in [-0.05, 0) is 11.6 Å². The Morgan fingerprint density at radius 3 is 2.94 bits per heavy atom. The average molecular weight is 225 g/mol. The van der Waals surface area contributed by atoms with Crippen LogP contribution in [0.3, 0.4) is 0 Å². The van der Waals surface area contributed by atoms with Gasteiger partial charge in [-0.2, -0.15) is 0 Å². The zero-order valence-corrected chi connectivity index (χ0v) is 9.77. The van der Waals surface area contributed by atoms with Crippen LogP contribution in [0.4, 0.5) is 0 Å². The second kappa shape index (κ2) is 4.09. The highest BCUT2D eigenvalue weighted by Crippen LogP contribution is 2.28. The number of para-hydroxylation sites is 1. The molecular weight excluding hydrogens is 210 g/mol. The van der Waals surface area contributed by atoms with Crippen molar-refractivity contribution in [2.75, 3.05) is 6.67 Å². The van der Waals surface area contributed by atoms with E-state index in [9.17, 15) is 0 Å². The Hall–Kier alpha value is -2.03. The Kier molecular flexibility index (Phi) is 2.44. The molecule has 0 bridgehead atoms. The van der Waals surface area contributed by atoms with Crippen LogP contribution in [0.1, 0.15) is 18.4 Å². The first-order valence-corrected chi connectivity index (χ1v) is 5.87. The Morgan fingerprint density at radius 1 is 1.24 bits per heavy atom. The first-order chi connectivity index (χ1) is 8.36. The van der Waals surface area contributed by atoms with Crippen molar-refractivity contribution >= 4 is 10.9 Å². The number of pyridine rings is 1. The monoisotopic (exact) mass is 225 g/mol. The van der Waals surface area contributed by atoms with Gasteiger partial charge >= 0.3 is 0 Å². The van der Waals surface area contributed by atoms with Crippen molar-refractivity contribution in [3.8, 4) is 0 Å². The first-order valence-electron chi connectivity index (χ1n) is 5.87. The topological polar surface area (TPSA) is 37.0 Å². The highest BCUT2D eigenvalue weighted by atomic mass is 15.1. The molecule has 1 aromatic heterocycles. The van der Waals surface area contributed by atoms with Gasteiger partial charge < -0.3 is 10.6 Å². The smallest absolute Gasteiger partial charge is 0.0843 e. The minimum absolute atomic E-state index is 0.337. The van der Waals surface area contributed by atoms with Crippen molar-refractivity contribution in [2.24, 2.45) is 0 Å². The number of hydrogen-bond donors (Lipinski definition) is 2. The Labute approximate surface area is 101 Å². The third-order valence-corrected chi connectivity index (χ3v) is 3.25. The maximum absolute atomic E-state index is 4.50. The molecule has 0 aliphatic carbocycles. The number of aromatic nitrogens is 1. The zero-order chi connectivity index (χ0) is 11.7. The molecule has 0 amide bonds. The van der Waals surface area contributed by atoms with Crippen LogP contribution in [-0.2, 0) is 0 Å². The first kappa shape index (κ1) is 10.1. The third kappa shape index (κ3) is 1.73. The highest BCUT2D eigenvalue weighted by molar-refractivity contribution is 5.82. The van der Waals surface area contributed by atoms with Gasteiger partial charge in [0.25, 0.3) is 0 Å². The van der Waals surface area contributed by atoms with Gasteiger partial charge in [0, 0.05) is 29.4 Å². The van der Waals surface area contributed by atoms with Crippen LogP contribution in [0, 0.1) is 0 Å². The summed E-state index contributed by atoms with van der Waals surface area (Å²) in [5, 5.41) is 7.72. The van der Waals surface area contributed by atoms with E-state index in [1.165, 1.54) is 16.6 Å². The van der Waals surface area contributed by atoms with Crippen molar-refractivity contribution in [3.05, 3.63) is 54.0 Å². The molecule has 1 unspecified atom stereocenters. The van der Waals surface area contributed by atoms with Crippen LogP contribution < -0.4 is 10.6 Å². The summed E-state index contributed by atoms with van der Waals surface area (Å²) in [6, 6.07) is 10.4. The summed E-state index contributed by atoms with van der Waals surface area (Å²) < 4.78 is 0. The number of allylic oxidation sites excluding steroid dienone is 1. The molecule has 3 heteroatoms. The molecule has 2 aromatic rings. The van der Waals surface area contributed by atoms with E-state index in [-0.39, 0.29) is 0 Å². The number of hydrogen-bond acceptors (Lipinski definition) is 3. The van der Waals surface area contributed by atoms with Crippen LogP contribution in [0.15, 0.2) is 48.4 Å². The van der Waals surface area contributed by atoms with Gasteiger partial charge in [0.05, 0.1) is 12.2 Å². The van der Waals surface area contributed by atoms with E-state index in [1.54, 1.807) is 0 Å². The van der Waals surface area contributed by atoms with Crippen LogP contribution in [0.2, 0.25) is 0 Å². The van der Waals surface area contributed by atoms with Crippen molar-refractivity contribution in [2.45, 2.75) is 12.8 Å². The maximum Gasteiger partial charge on any atom is 0.0843 e. The van der Waals surface area contributed by atoms with E-state index in [2.05, 4.69) is 46.8 Å². The third-order valence-electron chi connectivity index (χ3n) is 3.25. The van der Waals surface area contributed by atoms with Gasteiger partial charge in [0.15, 0.2) is 0 Å². The van der Waals surface area contributed by atoms with Gasteiger partial charge in [-0.1, -0.05) is 31.2 Å². The zero-order valence-electron chi connectivity index (χ0n) is 9.77. The number of nitrogens with zero attached hydrogens (tertiary/aromatic N) is 1. The summed E-state index contributed by atoms with van der Waals surface area (Å²) in [4.78, 5) is 4.50. The van der Waals surface area contributed by atoms with Crippen molar-refractivity contribution in [1.82, 2.24) is 15.6 Å². The molecule has 0 fully saturated rings. The van der Waals surface area contributed by atoms with Gasteiger partial charge in [0.1, 0.15) is 0 Å². The molecule has 0 radical (unpaired) electrons. The molecule has 0 saturated carbocycles. The Balaban J connectivity index is 2.10. The summed E-state index contributed by atoms with van der Waals surface area (Å²) in [5.41, 5.74) is 3.59. The maximum atomic E-state index is 4.50. The summed E-state index contributed by atoms with van der Waals surface area (Å²) in [6.07, 6.45) is 3.90. The van der Waals surface area contributed by atoms with Crippen LogP contribution >= 0.6 is 0 Å². The molecule has 1 atom stereocenters. The van der Waals surface area contributed by atoms with Gasteiger partial charge in [0.2, 0.25) is 0 Å². The molecule has 2 N–H and O–H groups in total. The fourth-order valence-electron chi connectivity index (χ4n) is 2.29. The quantitative estimate of drug-likeness (QED) is 0.823. The molecule has 3 nitrogen and oxygen atoms in total. The minimum atomic E-state index is 0.337. The second-order valence-electron chi connectivity index (χ2n) is 4.30. The fraction of sp³-hybridized carbons (Fsp3) is 0.214.